The van der Waals surface area contributed by atoms with Gasteiger partial charge in [-0.1, -0.05) is 12.1 Å². The summed E-state index contributed by atoms with van der Waals surface area (Å²) in [6, 6.07) is 7.18. The highest BCUT2D eigenvalue weighted by Gasteiger charge is 2.28. The van der Waals surface area contributed by atoms with Gasteiger partial charge < -0.3 is 10.3 Å². The minimum Gasteiger partial charge on any atom is -0.338 e. The van der Waals surface area contributed by atoms with Crippen molar-refractivity contribution in [3.8, 4) is 0 Å². The summed E-state index contributed by atoms with van der Waals surface area (Å²) in [5, 5.41) is 0.815. The van der Waals surface area contributed by atoms with Gasteiger partial charge in [-0.15, -0.1) is 0 Å². The topological polar surface area (TPSA) is 30.9 Å². The molecule has 2 N–H and O–H groups in total. The van der Waals surface area contributed by atoms with E-state index in [4.69, 9.17) is 5.73 Å². The van der Waals surface area contributed by atoms with Gasteiger partial charge in [-0.3, -0.25) is 0 Å². The van der Waals surface area contributed by atoms with Crippen LogP contribution in [0.1, 0.15) is 5.56 Å². The lowest BCUT2D eigenvalue weighted by molar-refractivity contribution is -0.139. The molecule has 17 heavy (non-hydrogen) atoms. The van der Waals surface area contributed by atoms with Crippen LogP contribution in [0, 0.1) is 0 Å². The van der Waals surface area contributed by atoms with Gasteiger partial charge in [0.15, 0.2) is 0 Å². The summed E-state index contributed by atoms with van der Waals surface area (Å²) < 4.78 is 38.3. The molecule has 0 saturated heterocycles. The van der Waals surface area contributed by atoms with Gasteiger partial charge in [-0.05, 0) is 36.0 Å². The van der Waals surface area contributed by atoms with Crippen LogP contribution in [0.5, 0.6) is 0 Å². The maximum Gasteiger partial charge on any atom is 0.406 e. The van der Waals surface area contributed by atoms with E-state index in [1.807, 2.05) is 12.1 Å². The molecule has 0 bridgehead atoms. The number of aromatic nitrogens is 1. The zero-order valence-corrected chi connectivity index (χ0v) is 9.17. The molecule has 0 amide bonds. The van der Waals surface area contributed by atoms with Gasteiger partial charge in [0.2, 0.25) is 0 Å². The fourth-order valence-electron chi connectivity index (χ4n) is 1.88. The highest BCUT2D eigenvalue weighted by atomic mass is 19.4. The summed E-state index contributed by atoms with van der Waals surface area (Å²) in [6.45, 7) is -0.464. The molecule has 0 unspecified atom stereocenters. The van der Waals surface area contributed by atoms with Crippen LogP contribution >= 0.6 is 0 Å². The van der Waals surface area contributed by atoms with E-state index in [-0.39, 0.29) is 0 Å². The van der Waals surface area contributed by atoms with E-state index in [1.165, 1.54) is 10.8 Å². The first kappa shape index (κ1) is 12.0. The first-order chi connectivity index (χ1) is 7.99. The fraction of sp³-hybridized carbons (Fsp3) is 0.333. The molecule has 5 heteroatoms. The van der Waals surface area contributed by atoms with Crippen LogP contribution < -0.4 is 5.73 Å². The van der Waals surface area contributed by atoms with Crippen molar-refractivity contribution in [2.45, 2.75) is 19.1 Å². The van der Waals surface area contributed by atoms with Gasteiger partial charge >= 0.3 is 6.18 Å². The van der Waals surface area contributed by atoms with E-state index in [9.17, 15) is 13.2 Å². The van der Waals surface area contributed by atoms with Gasteiger partial charge in [0.1, 0.15) is 6.54 Å². The van der Waals surface area contributed by atoms with Crippen LogP contribution in [0.15, 0.2) is 30.5 Å². The molecule has 1 aromatic heterocycles. The van der Waals surface area contributed by atoms with Gasteiger partial charge in [0.05, 0.1) is 0 Å². The molecular weight excluding hydrogens is 229 g/mol. The molecule has 0 aliphatic rings. The summed E-state index contributed by atoms with van der Waals surface area (Å²) >= 11 is 0. The fourth-order valence-corrected chi connectivity index (χ4v) is 1.88. The van der Waals surface area contributed by atoms with Gasteiger partial charge in [0, 0.05) is 11.7 Å². The largest absolute Gasteiger partial charge is 0.406 e. The second-order valence-electron chi connectivity index (χ2n) is 3.99. The second kappa shape index (κ2) is 4.41. The molecule has 92 valence electrons. The Labute approximate surface area is 96.8 Å². The Balaban J connectivity index is 2.39. The van der Waals surface area contributed by atoms with Crippen molar-refractivity contribution in [1.29, 1.82) is 0 Å². The molecular formula is C12H13F3N2. The van der Waals surface area contributed by atoms with Crippen molar-refractivity contribution in [3.05, 3.63) is 36.0 Å². The van der Waals surface area contributed by atoms with Gasteiger partial charge in [0.25, 0.3) is 0 Å². The maximum absolute atomic E-state index is 12.4. The van der Waals surface area contributed by atoms with Crippen LogP contribution in [0.3, 0.4) is 0 Å². The zero-order chi connectivity index (χ0) is 12.5. The van der Waals surface area contributed by atoms with Gasteiger partial charge in [-0.25, -0.2) is 0 Å². The Kier molecular flexibility index (Phi) is 3.11. The molecule has 0 atom stereocenters. The molecule has 0 saturated carbocycles. The number of alkyl halides is 3. The Morgan fingerprint density at radius 1 is 1.18 bits per heavy atom. The van der Waals surface area contributed by atoms with E-state index in [0.717, 1.165) is 10.9 Å². The van der Waals surface area contributed by atoms with Crippen molar-refractivity contribution < 1.29 is 13.2 Å². The third-order valence-corrected chi connectivity index (χ3v) is 2.62. The minimum atomic E-state index is -4.20. The normalized spacial score (nSPS) is 12.2. The van der Waals surface area contributed by atoms with Crippen LogP contribution in [-0.4, -0.2) is 17.3 Å². The molecule has 2 nitrogen and oxygen atoms in total. The predicted molar refractivity (Wildman–Crippen MR) is 60.8 cm³/mol. The molecule has 1 heterocycles. The number of rotatable bonds is 3. The number of halogens is 3. The number of benzene rings is 1. The monoisotopic (exact) mass is 242 g/mol. The number of hydrogen-bond donors (Lipinski definition) is 1. The van der Waals surface area contributed by atoms with Crippen molar-refractivity contribution >= 4 is 10.9 Å². The van der Waals surface area contributed by atoms with Gasteiger partial charge in [-0.2, -0.15) is 13.2 Å². The van der Waals surface area contributed by atoms with Crippen LogP contribution in [0.2, 0.25) is 0 Å². The van der Waals surface area contributed by atoms with E-state index < -0.39 is 12.7 Å². The Hall–Kier alpha value is -1.49. The Morgan fingerprint density at radius 2 is 1.94 bits per heavy atom. The standard InChI is InChI=1S/C12H13F3N2/c13-12(14,15)8-17-6-4-10-2-1-9(3-5-16)7-11(10)17/h1-2,4,6-7H,3,5,8,16H2. The lowest BCUT2D eigenvalue weighted by atomic mass is 10.1. The summed E-state index contributed by atoms with van der Waals surface area (Å²) in [6.07, 6.45) is -2.06. The highest BCUT2D eigenvalue weighted by molar-refractivity contribution is 5.80. The molecule has 2 aromatic rings. The summed E-state index contributed by atoms with van der Waals surface area (Å²) in [4.78, 5) is 0. The SMILES string of the molecule is NCCc1ccc2ccn(CC(F)(F)F)c2c1. The van der Waals surface area contributed by atoms with Crippen molar-refractivity contribution in [2.75, 3.05) is 6.54 Å². The number of nitrogens with zero attached hydrogens (tertiary/aromatic N) is 1. The number of hydrogen-bond acceptors (Lipinski definition) is 1. The summed E-state index contributed by atoms with van der Waals surface area (Å²) in [5.74, 6) is 0. The van der Waals surface area contributed by atoms with Crippen LogP contribution in [0.25, 0.3) is 10.9 Å². The lowest BCUT2D eigenvalue weighted by Crippen LogP contribution is -2.16. The Morgan fingerprint density at radius 3 is 2.59 bits per heavy atom. The van der Waals surface area contributed by atoms with E-state index in [0.29, 0.717) is 18.5 Å². The molecule has 0 radical (unpaired) electrons. The molecule has 0 aliphatic carbocycles. The molecule has 0 aliphatic heterocycles. The third kappa shape index (κ3) is 2.79. The predicted octanol–water partition coefficient (Wildman–Crippen LogP) is 2.70. The minimum absolute atomic E-state index is 0.492. The first-order valence-electron chi connectivity index (χ1n) is 5.34. The zero-order valence-electron chi connectivity index (χ0n) is 9.17. The summed E-state index contributed by atoms with van der Waals surface area (Å²) in [5.41, 5.74) is 7.00. The third-order valence-electron chi connectivity index (χ3n) is 2.62. The average molecular weight is 242 g/mol. The first-order valence-corrected chi connectivity index (χ1v) is 5.34. The number of fused-ring (bicyclic) bond motifs is 1. The second-order valence-corrected chi connectivity index (χ2v) is 3.99. The van der Waals surface area contributed by atoms with E-state index >= 15 is 0 Å². The van der Waals surface area contributed by atoms with Crippen LogP contribution in [0.4, 0.5) is 13.2 Å². The lowest BCUT2D eigenvalue weighted by Gasteiger charge is -2.09. The van der Waals surface area contributed by atoms with Crippen molar-refractivity contribution in [2.24, 2.45) is 5.73 Å². The average Bonchev–Trinajstić information content (AvgIpc) is 2.60. The molecule has 2 rings (SSSR count). The van der Waals surface area contributed by atoms with Crippen LogP contribution in [-0.2, 0) is 13.0 Å². The van der Waals surface area contributed by atoms with Crippen molar-refractivity contribution in [1.82, 2.24) is 4.57 Å². The number of nitrogens with two attached hydrogens (primary N) is 1. The highest BCUT2D eigenvalue weighted by Crippen LogP contribution is 2.23. The summed E-state index contributed by atoms with van der Waals surface area (Å²) in [7, 11) is 0. The smallest absolute Gasteiger partial charge is 0.338 e. The van der Waals surface area contributed by atoms with Crippen molar-refractivity contribution in [3.63, 3.8) is 0 Å². The van der Waals surface area contributed by atoms with E-state index in [2.05, 4.69) is 0 Å². The molecule has 1 aromatic carbocycles. The molecule has 0 spiro atoms. The maximum atomic E-state index is 12.4. The molecule has 0 fully saturated rings. The van der Waals surface area contributed by atoms with E-state index in [1.54, 1.807) is 12.1 Å². The quantitative estimate of drug-likeness (QED) is 0.881. The Bertz CT molecular complexity index is 514.